The maximum atomic E-state index is 13.0. The molecule has 3 saturated heterocycles. The fraction of sp³-hybridized carbons (Fsp3) is 0.600. The van der Waals surface area contributed by atoms with E-state index < -0.39 is 5.97 Å². The van der Waals surface area contributed by atoms with Crippen LogP contribution < -0.4 is 0 Å². The highest BCUT2D eigenvalue weighted by Crippen LogP contribution is 2.42. The second-order valence-electron chi connectivity index (χ2n) is 7.79. The molecule has 2 bridgehead atoms. The summed E-state index contributed by atoms with van der Waals surface area (Å²) < 4.78 is 0. The number of carboxylic acid groups (broad SMARTS) is 1. The van der Waals surface area contributed by atoms with Gasteiger partial charge < -0.3 is 14.9 Å². The quantitative estimate of drug-likeness (QED) is 0.918. The molecule has 134 valence electrons. The summed E-state index contributed by atoms with van der Waals surface area (Å²) in [6.07, 6.45) is 5.59. The molecule has 1 aromatic rings. The molecule has 5 nitrogen and oxygen atoms in total. The van der Waals surface area contributed by atoms with Crippen molar-refractivity contribution < 1.29 is 14.7 Å². The summed E-state index contributed by atoms with van der Waals surface area (Å²) in [5.41, 5.74) is 1.37. The number of hydrogen-bond acceptors (Lipinski definition) is 2. The van der Waals surface area contributed by atoms with Crippen molar-refractivity contribution >= 4 is 12.0 Å². The second-order valence-corrected chi connectivity index (χ2v) is 7.79. The van der Waals surface area contributed by atoms with Crippen LogP contribution in [0.5, 0.6) is 0 Å². The van der Waals surface area contributed by atoms with Crippen LogP contribution >= 0.6 is 0 Å². The molecular formula is C20H26N2O3. The number of hydrogen-bond donors (Lipinski definition) is 1. The number of carboxylic acids is 1. The van der Waals surface area contributed by atoms with Crippen LogP contribution in [0.1, 0.15) is 37.7 Å². The number of carbonyl (C=O) groups excluding carboxylic acids is 1. The summed E-state index contributed by atoms with van der Waals surface area (Å²) in [6.45, 7) is 1.59. The van der Waals surface area contributed by atoms with Crippen LogP contribution in [0.3, 0.4) is 0 Å². The van der Waals surface area contributed by atoms with Gasteiger partial charge in [0.05, 0.1) is 5.92 Å². The number of benzene rings is 1. The molecule has 1 aromatic carbocycles. The van der Waals surface area contributed by atoms with Crippen molar-refractivity contribution in [2.24, 2.45) is 11.8 Å². The number of fused-ring (bicyclic) bond motifs is 2. The molecule has 5 heteroatoms. The van der Waals surface area contributed by atoms with Gasteiger partial charge in [-0.15, -0.1) is 0 Å². The molecule has 4 rings (SSSR count). The van der Waals surface area contributed by atoms with Crippen LogP contribution in [-0.4, -0.2) is 52.1 Å². The normalized spacial score (nSPS) is 29.2. The van der Waals surface area contributed by atoms with E-state index in [2.05, 4.69) is 24.3 Å². The van der Waals surface area contributed by atoms with Gasteiger partial charge in [-0.1, -0.05) is 30.3 Å². The molecule has 3 aliphatic heterocycles. The van der Waals surface area contributed by atoms with E-state index in [1.54, 1.807) is 0 Å². The SMILES string of the molecule is O=C(O)C1CC2CCC1N2C(=O)N1CCC(Cc2ccccc2)CC1. The maximum Gasteiger partial charge on any atom is 0.320 e. The van der Waals surface area contributed by atoms with E-state index in [0.717, 1.165) is 45.2 Å². The van der Waals surface area contributed by atoms with Gasteiger partial charge in [-0.25, -0.2) is 4.79 Å². The van der Waals surface area contributed by atoms with Crippen LogP contribution in [0.2, 0.25) is 0 Å². The standard InChI is InChI=1S/C20H26N2O3/c23-19(24)17-13-16-6-7-18(17)22(16)20(25)21-10-8-15(9-11-21)12-14-4-2-1-3-5-14/h1-5,15-18H,6-13H2,(H,23,24). The van der Waals surface area contributed by atoms with Crippen LogP contribution in [0.15, 0.2) is 30.3 Å². The third-order valence-electron chi connectivity index (χ3n) is 6.33. The predicted molar refractivity (Wildman–Crippen MR) is 94.2 cm³/mol. The zero-order valence-corrected chi connectivity index (χ0v) is 14.5. The first-order valence-corrected chi connectivity index (χ1v) is 9.47. The zero-order valence-electron chi connectivity index (χ0n) is 14.5. The first kappa shape index (κ1) is 16.4. The van der Waals surface area contributed by atoms with E-state index in [4.69, 9.17) is 0 Å². The van der Waals surface area contributed by atoms with Crippen molar-refractivity contribution in [3.05, 3.63) is 35.9 Å². The Morgan fingerprint density at radius 2 is 1.76 bits per heavy atom. The van der Waals surface area contributed by atoms with Gasteiger partial charge in [0.2, 0.25) is 0 Å². The van der Waals surface area contributed by atoms with Crippen molar-refractivity contribution in [2.45, 2.75) is 50.6 Å². The van der Waals surface area contributed by atoms with E-state index in [-0.39, 0.29) is 24.0 Å². The first-order valence-electron chi connectivity index (χ1n) is 9.47. The van der Waals surface area contributed by atoms with Gasteiger partial charge in [0, 0.05) is 25.2 Å². The molecule has 3 heterocycles. The lowest BCUT2D eigenvalue weighted by molar-refractivity contribution is -0.142. The lowest BCUT2D eigenvalue weighted by Gasteiger charge is -2.36. The Morgan fingerprint density at radius 1 is 1.04 bits per heavy atom. The molecule has 0 spiro atoms. The third kappa shape index (κ3) is 3.12. The summed E-state index contributed by atoms with van der Waals surface area (Å²) >= 11 is 0. The van der Waals surface area contributed by atoms with Gasteiger partial charge in [-0.2, -0.15) is 0 Å². The molecule has 0 aromatic heterocycles. The molecular weight excluding hydrogens is 316 g/mol. The fourth-order valence-corrected chi connectivity index (χ4v) is 4.99. The largest absolute Gasteiger partial charge is 0.481 e. The maximum absolute atomic E-state index is 13.0. The minimum absolute atomic E-state index is 0.0782. The minimum atomic E-state index is -0.744. The van der Waals surface area contributed by atoms with E-state index in [1.165, 1.54) is 5.56 Å². The average molecular weight is 342 g/mol. The topological polar surface area (TPSA) is 60.9 Å². The number of rotatable bonds is 3. The number of nitrogens with zero attached hydrogens (tertiary/aromatic N) is 2. The van der Waals surface area contributed by atoms with Crippen LogP contribution in [0, 0.1) is 11.8 Å². The number of urea groups is 1. The third-order valence-corrected chi connectivity index (χ3v) is 6.33. The Balaban J connectivity index is 1.34. The van der Waals surface area contributed by atoms with Crippen LogP contribution in [0.25, 0.3) is 0 Å². The van der Waals surface area contributed by atoms with E-state index in [9.17, 15) is 14.7 Å². The van der Waals surface area contributed by atoms with Crippen molar-refractivity contribution in [1.82, 2.24) is 9.80 Å². The Kier molecular flexibility index (Phi) is 4.40. The molecule has 0 radical (unpaired) electrons. The highest BCUT2D eigenvalue weighted by atomic mass is 16.4. The number of likely N-dealkylation sites (tertiary alicyclic amines) is 1. The van der Waals surface area contributed by atoms with Crippen molar-refractivity contribution in [1.29, 1.82) is 0 Å². The highest BCUT2D eigenvalue weighted by molar-refractivity contribution is 5.79. The lowest BCUT2D eigenvalue weighted by atomic mass is 9.89. The Morgan fingerprint density at radius 3 is 2.40 bits per heavy atom. The molecule has 25 heavy (non-hydrogen) atoms. The molecule has 3 unspecified atom stereocenters. The van der Waals surface area contributed by atoms with Gasteiger partial charge in [-0.05, 0) is 50.0 Å². The van der Waals surface area contributed by atoms with Crippen LogP contribution in [-0.2, 0) is 11.2 Å². The fourth-order valence-electron chi connectivity index (χ4n) is 4.99. The zero-order chi connectivity index (χ0) is 17.4. The second kappa shape index (κ2) is 6.70. The molecule has 0 aliphatic carbocycles. The molecule has 3 aliphatic rings. The molecule has 3 atom stereocenters. The van der Waals surface area contributed by atoms with Gasteiger partial charge in [0.25, 0.3) is 0 Å². The van der Waals surface area contributed by atoms with E-state index >= 15 is 0 Å². The first-order chi connectivity index (χ1) is 12.1. The van der Waals surface area contributed by atoms with Crippen molar-refractivity contribution in [3.8, 4) is 0 Å². The van der Waals surface area contributed by atoms with Gasteiger partial charge in [0.1, 0.15) is 0 Å². The minimum Gasteiger partial charge on any atom is -0.481 e. The number of aliphatic carboxylic acids is 1. The molecule has 1 N–H and O–H groups in total. The van der Waals surface area contributed by atoms with Crippen molar-refractivity contribution in [2.75, 3.05) is 13.1 Å². The summed E-state index contributed by atoms with van der Waals surface area (Å²) in [7, 11) is 0. The van der Waals surface area contributed by atoms with Crippen LogP contribution in [0.4, 0.5) is 4.79 Å². The number of amides is 2. The number of carbonyl (C=O) groups is 2. The lowest BCUT2D eigenvalue weighted by Crippen LogP contribution is -2.49. The molecule has 3 fully saturated rings. The van der Waals surface area contributed by atoms with Gasteiger partial charge in [-0.3, -0.25) is 4.79 Å². The van der Waals surface area contributed by atoms with Crippen molar-refractivity contribution in [3.63, 3.8) is 0 Å². The van der Waals surface area contributed by atoms with Gasteiger partial charge >= 0.3 is 12.0 Å². The number of piperidine rings is 1. The molecule has 0 saturated carbocycles. The Bertz CT molecular complexity index is 640. The Hall–Kier alpha value is -2.04. The summed E-state index contributed by atoms with van der Waals surface area (Å²) in [4.78, 5) is 28.2. The summed E-state index contributed by atoms with van der Waals surface area (Å²) in [6, 6.07) is 10.7. The van der Waals surface area contributed by atoms with Gasteiger partial charge in [0.15, 0.2) is 0 Å². The monoisotopic (exact) mass is 342 g/mol. The van der Waals surface area contributed by atoms with E-state index in [1.807, 2.05) is 15.9 Å². The summed E-state index contributed by atoms with van der Waals surface area (Å²) in [5.74, 6) is -0.474. The average Bonchev–Trinajstić information content (AvgIpc) is 3.21. The summed E-state index contributed by atoms with van der Waals surface area (Å²) in [5, 5.41) is 9.37. The highest BCUT2D eigenvalue weighted by Gasteiger charge is 2.52. The van der Waals surface area contributed by atoms with E-state index in [0.29, 0.717) is 12.3 Å². The predicted octanol–water partition coefficient (Wildman–Crippen LogP) is 3.00. The molecule has 2 amide bonds. The smallest absolute Gasteiger partial charge is 0.320 e. The Labute approximate surface area is 148 Å².